The summed E-state index contributed by atoms with van der Waals surface area (Å²) in [5.74, 6) is -1.73. The van der Waals surface area contributed by atoms with E-state index in [0.29, 0.717) is 24.3 Å². The van der Waals surface area contributed by atoms with E-state index in [4.69, 9.17) is 0 Å². The highest BCUT2D eigenvalue weighted by Gasteiger charge is 2.38. The minimum absolute atomic E-state index is 0.00453. The fourth-order valence-corrected chi connectivity index (χ4v) is 5.90. The number of halogens is 13. The van der Waals surface area contributed by atoms with Crippen LogP contribution >= 0.6 is 11.8 Å². The molecule has 0 N–H and O–H groups in total. The molecule has 0 radical (unpaired) electrons. The third kappa shape index (κ3) is 9.71. The molecule has 0 aliphatic heterocycles. The van der Waals surface area contributed by atoms with Crippen LogP contribution in [0.5, 0.6) is 0 Å². The standard InChI is InChI=1S/C33H24F13N3OS/c1-16-8-24(34)4-5-25(16)27-26(28(50)49(3)15-19-11-22(32(41,42)43)14-23(12-19)33(44,45)46)17(2)47-29(48-27)51-7-6-18-9-20(30(35,36)37)13-21(10-18)31(38,39)40/h4-5,8-14H,6-7,15H2,1-3H3. The van der Waals surface area contributed by atoms with Crippen LogP contribution in [0, 0.1) is 19.7 Å². The number of thioether (sulfide) groups is 1. The number of rotatable bonds is 8. The van der Waals surface area contributed by atoms with Crippen molar-refractivity contribution >= 4 is 17.7 Å². The average Bonchev–Trinajstić information content (AvgIpc) is 2.98. The summed E-state index contributed by atoms with van der Waals surface area (Å²) in [6.45, 7) is 2.08. The van der Waals surface area contributed by atoms with Crippen LogP contribution in [0.2, 0.25) is 0 Å². The first-order valence-electron chi connectivity index (χ1n) is 14.4. The van der Waals surface area contributed by atoms with Gasteiger partial charge in [-0.1, -0.05) is 11.8 Å². The van der Waals surface area contributed by atoms with Gasteiger partial charge in [-0.2, -0.15) is 52.7 Å². The number of carbonyl (C=O) groups is 1. The third-order valence-corrected chi connectivity index (χ3v) is 8.26. The number of alkyl halides is 12. The van der Waals surface area contributed by atoms with Crippen molar-refractivity contribution in [3.05, 3.63) is 111 Å². The summed E-state index contributed by atoms with van der Waals surface area (Å²) in [5.41, 5.74) is -6.90. The van der Waals surface area contributed by atoms with Crippen molar-refractivity contribution in [1.29, 1.82) is 0 Å². The quantitative estimate of drug-likeness (QED) is 0.102. The second kappa shape index (κ2) is 14.3. The SMILES string of the molecule is Cc1cc(F)ccc1-c1nc(SCCc2cc(C(F)(F)F)cc(C(F)(F)F)c2)nc(C)c1C(=O)N(C)Cc1cc(C(F)(F)F)cc(C(F)(F)F)c1. The Balaban J connectivity index is 1.70. The molecule has 0 atom stereocenters. The summed E-state index contributed by atoms with van der Waals surface area (Å²) in [4.78, 5) is 23.2. The summed E-state index contributed by atoms with van der Waals surface area (Å²) in [7, 11) is 1.11. The van der Waals surface area contributed by atoms with Crippen LogP contribution in [0.4, 0.5) is 57.1 Å². The maximum Gasteiger partial charge on any atom is 0.416 e. The van der Waals surface area contributed by atoms with Crippen molar-refractivity contribution in [2.75, 3.05) is 12.8 Å². The first kappa shape index (κ1) is 39.4. The topological polar surface area (TPSA) is 46.1 Å². The first-order valence-corrected chi connectivity index (χ1v) is 15.4. The van der Waals surface area contributed by atoms with Gasteiger partial charge < -0.3 is 4.90 Å². The summed E-state index contributed by atoms with van der Waals surface area (Å²) in [6, 6.07) is 5.44. The summed E-state index contributed by atoms with van der Waals surface area (Å²) >= 11 is 0.816. The zero-order valence-corrected chi connectivity index (χ0v) is 27.2. The van der Waals surface area contributed by atoms with Gasteiger partial charge in [0.15, 0.2) is 5.16 Å². The van der Waals surface area contributed by atoms with E-state index >= 15 is 0 Å². The van der Waals surface area contributed by atoms with Crippen LogP contribution in [0.1, 0.15) is 55.0 Å². The van der Waals surface area contributed by atoms with E-state index in [1.165, 1.54) is 19.9 Å². The highest BCUT2D eigenvalue weighted by atomic mass is 32.2. The normalized spacial score (nSPS) is 12.7. The van der Waals surface area contributed by atoms with E-state index in [1.54, 1.807) is 0 Å². The molecule has 0 fully saturated rings. The number of aromatic nitrogens is 2. The van der Waals surface area contributed by atoms with Gasteiger partial charge >= 0.3 is 24.7 Å². The Kier molecular flexibility index (Phi) is 11.1. The molecule has 4 aromatic rings. The molecule has 4 rings (SSSR count). The summed E-state index contributed by atoms with van der Waals surface area (Å²) in [6.07, 6.45) is -20.7. The Bertz CT molecular complexity index is 1870. The van der Waals surface area contributed by atoms with Crippen LogP contribution in [0.15, 0.2) is 59.8 Å². The third-order valence-electron chi connectivity index (χ3n) is 7.41. The second-order valence-corrected chi connectivity index (χ2v) is 12.4. The number of aryl methyl sites for hydroxylation is 3. The fourth-order valence-electron chi connectivity index (χ4n) is 5.03. The van der Waals surface area contributed by atoms with Crippen LogP contribution in [0.3, 0.4) is 0 Å². The van der Waals surface area contributed by atoms with Crippen molar-refractivity contribution < 1.29 is 61.9 Å². The highest BCUT2D eigenvalue weighted by Crippen LogP contribution is 2.39. The fraction of sp³-hybridized carbons (Fsp3) is 0.303. The predicted molar refractivity (Wildman–Crippen MR) is 160 cm³/mol. The van der Waals surface area contributed by atoms with Gasteiger partial charge in [0.25, 0.3) is 5.91 Å². The molecule has 18 heteroatoms. The lowest BCUT2D eigenvalue weighted by Crippen LogP contribution is -2.28. The van der Waals surface area contributed by atoms with Crippen molar-refractivity contribution in [2.45, 2.75) is 56.7 Å². The van der Waals surface area contributed by atoms with Crippen LogP contribution in [0.25, 0.3) is 11.3 Å². The van der Waals surface area contributed by atoms with Crippen LogP contribution in [-0.4, -0.2) is 33.6 Å². The molecule has 0 unspecified atom stereocenters. The van der Waals surface area contributed by atoms with Gasteiger partial charge in [-0.25, -0.2) is 14.4 Å². The number of benzene rings is 3. The molecule has 51 heavy (non-hydrogen) atoms. The van der Waals surface area contributed by atoms with E-state index in [0.717, 1.165) is 35.8 Å². The number of amides is 1. The van der Waals surface area contributed by atoms with Gasteiger partial charge in [-0.05, 0) is 91.6 Å². The van der Waals surface area contributed by atoms with Crippen molar-refractivity contribution in [1.82, 2.24) is 14.9 Å². The molecule has 0 bridgehead atoms. The van der Waals surface area contributed by atoms with Gasteiger partial charge in [-0.3, -0.25) is 4.79 Å². The Morgan fingerprint density at radius 1 is 0.686 bits per heavy atom. The first-order chi connectivity index (χ1) is 23.3. The van der Waals surface area contributed by atoms with Crippen molar-refractivity contribution in [2.24, 2.45) is 0 Å². The maximum absolute atomic E-state index is 14.0. The van der Waals surface area contributed by atoms with Gasteiger partial charge in [0.1, 0.15) is 5.82 Å². The molecule has 0 saturated carbocycles. The van der Waals surface area contributed by atoms with Gasteiger partial charge in [0.2, 0.25) is 0 Å². The Morgan fingerprint density at radius 2 is 1.16 bits per heavy atom. The lowest BCUT2D eigenvalue weighted by molar-refractivity contribution is -0.144. The Hall–Kier alpha value is -4.35. The predicted octanol–water partition coefficient (Wildman–Crippen LogP) is 10.6. The molecule has 3 aromatic carbocycles. The van der Waals surface area contributed by atoms with Crippen molar-refractivity contribution in [3.63, 3.8) is 0 Å². The summed E-state index contributed by atoms with van der Waals surface area (Å²) in [5, 5.41) is -0.0823. The Labute approximate surface area is 285 Å². The number of carbonyl (C=O) groups excluding carboxylic acids is 1. The lowest BCUT2D eigenvalue weighted by atomic mass is 9.99. The largest absolute Gasteiger partial charge is 0.416 e. The smallest absolute Gasteiger partial charge is 0.337 e. The molecular weight excluding hydrogens is 733 g/mol. The molecule has 1 aromatic heterocycles. The zero-order chi connectivity index (χ0) is 38.3. The number of hydrogen-bond donors (Lipinski definition) is 0. The van der Waals surface area contributed by atoms with E-state index < -0.39 is 70.8 Å². The van der Waals surface area contributed by atoms with Gasteiger partial charge in [0, 0.05) is 24.9 Å². The van der Waals surface area contributed by atoms with Crippen LogP contribution < -0.4 is 0 Å². The number of hydrogen-bond acceptors (Lipinski definition) is 4. The monoisotopic (exact) mass is 757 g/mol. The summed E-state index contributed by atoms with van der Waals surface area (Å²) < 4.78 is 174. The molecular formula is C33H24F13N3OS. The van der Waals surface area contributed by atoms with Crippen LogP contribution in [-0.2, 0) is 37.7 Å². The molecule has 1 amide bonds. The lowest BCUT2D eigenvalue weighted by Gasteiger charge is -2.22. The highest BCUT2D eigenvalue weighted by molar-refractivity contribution is 7.99. The van der Waals surface area contributed by atoms with E-state index in [2.05, 4.69) is 9.97 Å². The minimum Gasteiger partial charge on any atom is -0.337 e. The molecule has 0 aliphatic rings. The van der Waals surface area contributed by atoms with Gasteiger partial charge in [-0.15, -0.1) is 0 Å². The minimum atomic E-state index is -5.13. The molecule has 0 spiro atoms. The average molecular weight is 758 g/mol. The van der Waals surface area contributed by atoms with E-state index in [9.17, 15) is 61.9 Å². The van der Waals surface area contributed by atoms with Crippen molar-refractivity contribution in [3.8, 4) is 11.3 Å². The second-order valence-electron chi connectivity index (χ2n) is 11.4. The van der Waals surface area contributed by atoms with E-state index in [-0.39, 0.29) is 63.1 Å². The van der Waals surface area contributed by atoms with Gasteiger partial charge in [0.05, 0.1) is 39.2 Å². The molecule has 4 nitrogen and oxygen atoms in total. The maximum atomic E-state index is 14.0. The van der Waals surface area contributed by atoms with E-state index in [1.807, 2.05) is 0 Å². The molecule has 274 valence electrons. The zero-order valence-electron chi connectivity index (χ0n) is 26.4. The molecule has 0 saturated heterocycles. The molecule has 0 aliphatic carbocycles. The number of nitrogens with zero attached hydrogens (tertiary/aromatic N) is 3. The Morgan fingerprint density at radius 3 is 1.61 bits per heavy atom. The molecule has 1 heterocycles.